The van der Waals surface area contributed by atoms with Crippen LogP contribution in [0.25, 0.3) is 0 Å². The number of hydrogen-bond acceptors (Lipinski definition) is 3. The van der Waals surface area contributed by atoms with E-state index in [1.165, 1.54) is 24.6 Å². The van der Waals surface area contributed by atoms with Crippen LogP contribution in [0.3, 0.4) is 0 Å². The Balaban J connectivity index is 2.81. The second-order valence-electron chi connectivity index (χ2n) is 3.23. The molecule has 0 aliphatic heterocycles. The van der Waals surface area contributed by atoms with E-state index in [1.54, 1.807) is 11.5 Å². The van der Waals surface area contributed by atoms with E-state index in [-0.39, 0.29) is 0 Å². The van der Waals surface area contributed by atoms with Crippen molar-refractivity contribution in [1.29, 1.82) is 0 Å². The first-order valence-corrected chi connectivity index (χ1v) is 5.43. The summed E-state index contributed by atoms with van der Waals surface area (Å²) >= 11 is 1.47. The van der Waals surface area contributed by atoms with Crippen molar-refractivity contribution in [1.82, 2.24) is 0 Å². The molecule has 0 amide bonds. The highest BCUT2D eigenvalue weighted by molar-refractivity contribution is 8.06. The van der Waals surface area contributed by atoms with Gasteiger partial charge in [0, 0.05) is 16.3 Å². The maximum atomic E-state index is 5.89. The number of hydrogen-bond donors (Lipinski definition) is 2. The molecule has 14 heavy (non-hydrogen) atoms. The molecule has 0 atom stereocenters. The Labute approximate surface area is 89.4 Å². The zero-order valence-electron chi connectivity index (χ0n) is 8.20. The Morgan fingerprint density at radius 2 is 1.93 bits per heavy atom. The van der Waals surface area contributed by atoms with E-state index in [1.807, 2.05) is 6.08 Å². The quantitative estimate of drug-likeness (QED) is 0.682. The van der Waals surface area contributed by atoms with Gasteiger partial charge in [-0.25, -0.2) is 0 Å². The lowest BCUT2D eigenvalue weighted by Gasteiger charge is -2.03. The van der Waals surface area contributed by atoms with Crippen LogP contribution in [-0.4, -0.2) is 0 Å². The van der Waals surface area contributed by atoms with E-state index in [4.69, 9.17) is 11.5 Å². The summed E-state index contributed by atoms with van der Waals surface area (Å²) in [7, 11) is 0. The monoisotopic (exact) mass is 208 g/mol. The fourth-order valence-electron chi connectivity index (χ4n) is 1.06. The summed E-state index contributed by atoms with van der Waals surface area (Å²) in [5, 5.41) is 1.74. The lowest BCUT2D eigenvalue weighted by atomic mass is 10.2. The van der Waals surface area contributed by atoms with Crippen molar-refractivity contribution in [2.24, 2.45) is 17.4 Å². The molecule has 0 saturated heterocycles. The van der Waals surface area contributed by atoms with Crippen molar-refractivity contribution in [2.75, 3.05) is 0 Å². The second-order valence-corrected chi connectivity index (χ2v) is 4.24. The summed E-state index contributed by atoms with van der Waals surface area (Å²) in [6, 6.07) is 0. The lowest BCUT2D eigenvalue weighted by Crippen LogP contribution is -2.02. The SMILES string of the molecule is C=CSC(/C=C(\N)C1CC1)=C(\N)C=C. The van der Waals surface area contributed by atoms with Crippen LogP contribution in [0, 0.1) is 5.92 Å². The second kappa shape index (κ2) is 4.96. The van der Waals surface area contributed by atoms with Crippen LogP contribution in [0.15, 0.2) is 47.0 Å². The van der Waals surface area contributed by atoms with Gasteiger partial charge in [-0.3, -0.25) is 0 Å². The third-order valence-electron chi connectivity index (χ3n) is 2.06. The molecule has 4 N–H and O–H groups in total. The third kappa shape index (κ3) is 3.00. The first-order chi connectivity index (χ1) is 6.69. The van der Waals surface area contributed by atoms with Crippen molar-refractivity contribution < 1.29 is 0 Å². The van der Waals surface area contributed by atoms with Gasteiger partial charge in [-0.1, -0.05) is 24.9 Å². The van der Waals surface area contributed by atoms with E-state index in [0.717, 1.165) is 10.6 Å². The molecule has 0 bridgehead atoms. The zero-order chi connectivity index (χ0) is 10.6. The summed E-state index contributed by atoms with van der Waals surface area (Å²) in [6.07, 6.45) is 5.95. The Morgan fingerprint density at radius 3 is 2.36 bits per heavy atom. The molecule has 1 rings (SSSR count). The van der Waals surface area contributed by atoms with Gasteiger partial charge in [0.25, 0.3) is 0 Å². The van der Waals surface area contributed by atoms with Crippen molar-refractivity contribution in [2.45, 2.75) is 12.8 Å². The van der Waals surface area contributed by atoms with Gasteiger partial charge in [0.1, 0.15) is 0 Å². The zero-order valence-corrected chi connectivity index (χ0v) is 9.02. The van der Waals surface area contributed by atoms with E-state index in [2.05, 4.69) is 13.2 Å². The molecule has 1 aliphatic carbocycles. The minimum atomic E-state index is 0.563. The molecule has 0 aromatic rings. The molecular formula is C11H16N2S. The highest BCUT2D eigenvalue weighted by Crippen LogP contribution is 2.35. The first-order valence-electron chi connectivity index (χ1n) is 4.55. The lowest BCUT2D eigenvalue weighted by molar-refractivity contribution is 0.979. The van der Waals surface area contributed by atoms with Gasteiger partial charge in [-0.2, -0.15) is 0 Å². The number of rotatable bonds is 5. The molecule has 0 unspecified atom stereocenters. The van der Waals surface area contributed by atoms with Crippen LogP contribution in [0.2, 0.25) is 0 Å². The number of allylic oxidation sites excluding steroid dienone is 3. The van der Waals surface area contributed by atoms with Gasteiger partial charge in [-0.15, -0.1) is 0 Å². The Morgan fingerprint density at radius 1 is 1.29 bits per heavy atom. The van der Waals surface area contributed by atoms with E-state index < -0.39 is 0 Å². The molecule has 1 aliphatic rings. The fraction of sp³-hybridized carbons (Fsp3) is 0.273. The normalized spacial score (nSPS) is 18.7. The molecule has 0 radical (unpaired) electrons. The first kappa shape index (κ1) is 11.0. The van der Waals surface area contributed by atoms with Gasteiger partial charge in [0.05, 0.1) is 0 Å². The Bertz CT molecular complexity index is 298. The average Bonchev–Trinajstić information content (AvgIpc) is 2.99. The molecule has 2 nitrogen and oxygen atoms in total. The standard InChI is InChI=1S/C11H16N2S/c1-3-9(12)11(14-4-2)7-10(13)8-5-6-8/h3-4,7-8H,1-2,5-6,12-13H2/b10-7-,11-9-. The summed E-state index contributed by atoms with van der Waals surface area (Å²) in [5.74, 6) is 0.563. The van der Waals surface area contributed by atoms with E-state index in [0.29, 0.717) is 11.6 Å². The average molecular weight is 208 g/mol. The highest BCUT2D eigenvalue weighted by atomic mass is 32.2. The van der Waals surface area contributed by atoms with Crippen LogP contribution in [-0.2, 0) is 0 Å². The van der Waals surface area contributed by atoms with Crippen molar-refractivity contribution in [3.63, 3.8) is 0 Å². The van der Waals surface area contributed by atoms with Gasteiger partial charge in [0.2, 0.25) is 0 Å². The predicted octanol–water partition coefficient (Wildman–Crippen LogP) is 2.47. The molecule has 0 spiro atoms. The molecule has 1 saturated carbocycles. The number of nitrogens with two attached hydrogens (primary N) is 2. The topological polar surface area (TPSA) is 52.0 Å². The minimum absolute atomic E-state index is 0.563. The molecule has 1 fully saturated rings. The van der Waals surface area contributed by atoms with Crippen LogP contribution < -0.4 is 11.5 Å². The minimum Gasteiger partial charge on any atom is -0.402 e. The van der Waals surface area contributed by atoms with Crippen molar-refractivity contribution in [3.05, 3.63) is 47.0 Å². The van der Waals surface area contributed by atoms with Crippen molar-refractivity contribution >= 4 is 11.8 Å². The van der Waals surface area contributed by atoms with Crippen LogP contribution in [0.4, 0.5) is 0 Å². The maximum absolute atomic E-state index is 5.89. The maximum Gasteiger partial charge on any atom is 0.0450 e. The molecule has 0 heterocycles. The summed E-state index contributed by atoms with van der Waals surface area (Å²) in [6.45, 7) is 7.28. The highest BCUT2D eigenvalue weighted by Gasteiger charge is 2.24. The van der Waals surface area contributed by atoms with E-state index >= 15 is 0 Å². The summed E-state index contributed by atoms with van der Waals surface area (Å²) in [5.41, 5.74) is 13.2. The molecule has 76 valence electrons. The Kier molecular flexibility index (Phi) is 3.89. The fourth-order valence-corrected chi connectivity index (χ4v) is 1.66. The van der Waals surface area contributed by atoms with Gasteiger partial charge < -0.3 is 11.5 Å². The smallest absolute Gasteiger partial charge is 0.0450 e. The van der Waals surface area contributed by atoms with Crippen LogP contribution in [0.1, 0.15) is 12.8 Å². The van der Waals surface area contributed by atoms with Gasteiger partial charge in [-0.05, 0) is 36.3 Å². The van der Waals surface area contributed by atoms with Gasteiger partial charge >= 0.3 is 0 Å². The van der Waals surface area contributed by atoms with Crippen LogP contribution >= 0.6 is 11.8 Å². The summed E-state index contributed by atoms with van der Waals surface area (Å²) in [4.78, 5) is 0.930. The van der Waals surface area contributed by atoms with Crippen LogP contribution in [0.5, 0.6) is 0 Å². The molecular weight excluding hydrogens is 192 g/mol. The Hall–Kier alpha value is -1.09. The number of thioether (sulfide) groups is 1. The van der Waals surface area contributed by atoms with Gasteiger partial charge in [0.15, 0.2) is 0 Å². The molecule has 3 heteroatoms. The molecule has 0 aromatic carbocycles. The molecule has 0 aromatic heterocycles. The van der Waals surface area contributed by atoms with E-state index in [9.17, 15) is 0 Å². The van der Waals surface area contributed by atoms with Crippen molar-refractivity contribution in [3.8, 4) is 0 Å². The largest absolute Gasteiger partial charge is 0.402 e. The summed E-state index contributed by atoms with van der Waals surface area (Å²) < 4.78 is 0. The third-order valence-corrected chi connectivity index (χ3v) is 2.84. The predicted molar refractivity (Wildman–Crippen MR) is 64.2 cm³/mol.